The first kappa shape index (κ1) is 22.5. The zero-order chi connectivity index (χ0) is 23.0. The van der Waals surface area contributed by atoms with E-state index in [1.165, 1.54) is 0 Å². The molecular formula is C25H28N4O4. The Bertz CT molecular complexity index is 1070. The highest BCUT2D eigenvalue weighted by atomic mass is 16.5. The van der Waals surface area contributed by atoms with Crippen LogP contribution in [0.15, 0.2) is 60.9 Å². The molecule has 1 atom stereocenters. The van der Waals surface area contributed by atoms with E-state index in [4.69, 9.17) is 14.2 Å². The standard InChI is InChI=1S/C25H28N4O4/c1-3-31-20-7-4-8-21(14-20)33-17-24(30)29-12-13-32-23(16-29)22-10-9-19(15-27-22)28-25-18(2)6-5-11-26-25/h4-11,14-15,23H,3,12-13,16-17H2,1-2H3,(H,26,28). The van der Waals surface area contributed by atoms with Gasteiger partial charge in [-0.1, -0.05) is 12.1 Å². The molecule has 1 saturated heterocycles. The van der Waals surface area contributed by atoms with Gasteiger partial charge in [-0.25, -0.2) is 4.98 Å². The molecule has 3 aromatic rings. The number of aryl methyl sites for hydroxylation is 1. The summed E-state index contributed by atoms with van der Waals surface area (Å²) >= 11 is 0. The third-order valence-corrected chi connectivity index (χ3v) is 5.29. The summed E-state index contributed by atoms with van der Waals surface area (Å²) in [6.07, 6.45) is 3.22. The van der Waals surface area contributed by atoms with E-state index in [-0.39, 0.29) is 18.6 Å². The molecule has 1 aromatic carbocycles. The van der Waals surface area contributed by atoms with Crippen molar-refractivity contribution in [2.45, 2.75) is 20.0 Å². The van der Waals surface area contributed by atoms with Crippen LogP contribution in [-0.2, 0) is 9.53 Å². The van der Waals surface area contributed by atoms with E-state index in [0.717, 1.165) is 28.5 Å². The number of benzene rings is 1. The maximum Gasteiger partial charge on any atom is 0.260 e. The van der Waals surface area contributed by atoms with Crippen LogP contribution >= 0.6 is 0 Å². The van der Waals surface area contributed by atoms with Crippen molar-refractivity contribution >= 4 is 17.4 Å². The number of ether oxygens (including phenoxy) is 3. The first-order chi connectivity index (χ1) is 16.1. The summed E-state index contributed by atoms with van der Waals surface area (Å²) in [5, 5.41) is 3.27. The monoisotopic (exact) mass is 448 g/mol. The van der Waals surface area contributed by atoms with Gasteiger partial charge >= 0.3 is 0 Å². The number of morpholine rings is 1. The van der Waals surface area contributed by atoms with E-state index in [0.29, 0.717) is 32.1 Å². The molecule has 8 heteroatoms. The predicted octanol–water partition coefficient (Wildman–Crippen LogP) is 3.91. The summed E-state index contributed by atoms with van der Waals surface area (Å²) in [5.74, 6) is 2.03. The molecule has 0 spiro atoms. The maximum absolute atomic E-state index is 12.7. The van der Waals surface area contributed by atoms with E-state index in [2.05, 4.69) is 15.3 Å². The van der Waals surface area contributed by atoms with Crippen LogP contribution in [0, 0.1) is 6.92 Å². The Morgan fingerprint density at radius 1 is 1.15 bits per heavy atom. The number of pyridine rings is 2. The molecule has 172 valence electrons. The van der Waals surface area contributed by atoms with Crippen LogP contribution in [0.4, 0.5) is 11.5 Å². The molecule has 8 nitrogen and oxygen atoms in total. The Kier molecular flexibility index (Phi) is 7.36. The molecule has 1 N–H and O–H groups in total. The third-order valence-electron chi connectivity index (χ3n) is 5.29. The normalized spacial score (nSPS) is 15.7. The molecule has 1 aliphatic rings. The number of anilines is 2. The molecule has 33 heavy (non-hydrogen) atoms. The minimum Gasteiger partial charge on any atom is -0.494 e. The van der Waals surface area contributed by atoms with Crippen molar-refractivity contribution in [3.63, 3.8) is 0 Å². The van der Waals surface area contributed by atoms with Crippen LogP contribution in [0.2, 0.25) is 0 Å². The van der Waals surface area contributed by atoms with Gasteiger partial charge < -0.3 is 24.4 Å². The van der Waals surface area contributed by atoms with Crippen LogP contribution in [0.25, 0.3) is 0 Å². The fraction of sp³-hybridized carbons (Fsp3) is 0.320. The molecule has 4 rings (SSSR count). The smallest absolute Gasteiger partial charge is 0.260 e. The molecule has 2 aromatic heterocycles. The van der Waals surface area contributed by atoms with E-state index in [1.807, 2.05) is 56.3 Å². The first-order valence-electron chi connectivity index (χ1n) is 11.0. The molecule has 1 aliphatic heterocycles. The van der Waals surface area contributed by atoms with Gasteiger partial charge in [-0.15, -0.1) is 0 Å². The van der Waals surface area contributed by atoms with Crippen molar-refractivity contribution < 1.29 is 19.0 Å². The quantitative estimate of drug-likeness (QED) is 0.559. The molecule has 0 bridgehead atoms. The summed E-state index contributed by atoms with van der Waals surface area (Å²) in [6.45, 7) is 5.86. The van der Waals surface area contributed by atoms with Crippen molar-refractivity contribution in [2.75, 3.05) is 38.2 Å². The van der Waals surface area contributed by atoms with Crippen LogP contribution in [-0.4, -0.2) is 53.7 Å². The lowest BCUT2D eigenvalue weighted by molar-refractivity contribution is -0.141. The Morgan fingerprint density at radius 2 is 2.00 bits per heavy atom. The average molecular weight is 449 g/mol. The van der Waals surface area contributed by atoms with Crippen molar-refractivity contribution in [3.8, 4) is 11.5 Å². The van der Waals surface area contributed by atoms with E-state index >= 15 is 0 Å². The molecular weight excluding hydrogens is 420 g/mol. The summed E-state index contributed by atoms with van der Waals surface area (Å²) in [6, 6.07) is 15.0. The lowest BCUT2D eigenvalue weighted by Crippen LogP contribution is -2.44. The molecule has 1 unspecified atom stereocenters. The number of nitrogens with zero attached hydrogens (tertiary/aromatic N) is 3. The molecule has 1 amide bonds. The Labute approximate surface area is 193 Å². The summed E-state index contributed by atoms with van der Waals surface area (Å²) in [4.78, 5) is 23.4. The van der Waals surface area contributed by atoms with Gasteiger partial charge in [0.05, 0.1) is 37.3 Å². The van der Waals surface area contributed by atoms with Crippen molar-refractivity contribution in [2.24, 2.45) is 0 Å². The lowest BCUT2D eigenvalue weighted by atomic mass is 10.2. The number of hydrogen-bond donors (Lipinski definition) is 1. The Morgan fingerprint density at radius 3 is 2.76 bits per heavy atom. The second kappa shape index (κ2) is 10.8. The molecule has 0 saturated carbocycles. The van der Waals surface area contributed by atoms with Gasteiger partial charge in [-0.05, 0) is 49.7 Å². The largest absolute Gasteiger partial charge is 0.494 e. The SMILES string of the molecule is CCOc1cccc(OCC(=O)N2CCOC(c3ccc(Nc4ncccc4C)cn3)C2)c1. The van der Waals surface area contributed by atoms with Crippen molar-refractivity contribution in [1.29, 1.82) is 0 Å². The van der Waals surface area contributed by atoms with Crippen molar-refractivity contribution in [3.05, 3.63) is 72.2 Å². The zero-order valence-electron chi connectivity index (χ0n) is 18.9. The Hall–Kier alpha value is -3.65. The fourth-order valence-electron chi connectivity index (χ4n) is 3.53. The van der Waals surface area contributed by atoms with Crippen LogP contribution in [0.3, 0.4) is 0 Å². The first-order valence-corrected chi connectivity index (χ1v) is 11.0. The maximum atomic E-state index is 12.7. The molecule has 3 heterocycles. The topological polar surface area (TPSA) is 85.8 Å². The fourth-order valence-corrected chi connectivity index (χ4v) is 3.53. The van der Waals surface area contributed by atoms with Crippen molar-refractivity contribution in [1.82, 2.24) is 14.9 Å². The molecule has 0 radical (unpaired) electrons. The van der Waals surface area contributed by atoms with Gasteiger partial charge in [0.2, 0.25) is 0 Å². The summed E-state index contributed by atoms with van der Waals surface area (Å²) < 4.78 is 17.0. The highest BCUT2D eigenvalue weighted by Crippen LogP contribution is 2.24. The highest BCUT2D eigenvalue weighted by Gasteiger charge is 2.26. The summed E-state index contributed by atoms with van der Waals surface area (Å²) in [7, 11) is 0. The lowest BCUT2D eigenvalue weighted by Gasteiger charge is -2.32. The number of carbonyl (C=O) groups is 1. The summed E-state index contributed by atoms with van der Waals surface area (Å²) in [5.41, 5.74) is 2.67. The second-order valence-electron chi connectivity index (χ2n) is 7.66. The van der Waals surface area contributed by atoms with Crippen LogP contribution < -0.4 is 14.8 Å². The number of hydrogen-bond acceptors (Lipinski definition) is 7. The highest BCUT2D eigenvalue weighted by molar-refractivity contribution is 5.78. The van der Waals surface area contributed by atoms with Crippen LogP contribution in [0.1, 0.15) is 24.3 Å². The minimum absolute atomic E-state index is 0.0397. The van der Waals surface area contributed by atoms with Gasteiger partial charge in [-0.2, -0.15) is 0 Å². The van der Waals surface area contributed by atoms with Gasteiger partial charge in [-0.3, -0.25) is 9.78 Å². The average Bonchev–Trinajstić information content (AvgIpc) is 2.85. The molecule has 0 aliphatic carbocycles. The predicted molar refractivity (Wildman–Crippen MR) is 125 cm³/mol. The minimum atomic E-state index is -0.283. The number of rotatable bonds is 8. The number of nitrogens with one attached hydrogen (secondary N) is 1. The second-order valence-corrected chi connectivity index (χ2v) is 7.66. The number of amides is 1. The zero-order valence-corrected chi connectivity index (χ0v) is 18.9. The number of carbonyl (C=O) groups excluding carboxylic acids is 1. The van der Waals surface area contributed by atoms with Gasteiger partial charge in [0.25, 0.3) is 5.91 Å². The third kappa shape index (κ3) is 5.98. The van der Waals surface area contributed by atoms with Gasteiger partial charge in [0.15, 0.2) is 6.61 Å². The van der Waals surface area contributed by atoms with Gasteiger partial charge in [0.1, 0.15) is 23.4 Å². The van der Waals surface area contributed by atoms with Crippen LogP contribution in [0.5, 0.6) is 11.5 Å². The van der Waals surface area contributed by atoms with Gasteiger partial charge in [0, 0.05) is 18.8 Å². The molecule has 1 fully saturated rings. The van der Waals surface area contributed by atoms with E-state index < -0.39 is 0 Å². The number of aromatic nitrogens is 2. The Balaban J connectivity index is 1.32. The van der Waals surface area contributed by atoms with E-state index in [9.17, 15) is 4.79 Å². The van der Waals surface area contributed by atoms with E-state index in [1.54, 1.807) is 23.4 Å².